The molecule has 0 saturated carbocycles. The SMILES string of the molecule is FC(F)(F)N1CNC(=S)N1. The molecule has 0 bridgehead atoms. The Kier molecular flexibility index (Phi) is 1.69. The van der Waals surface area contributed by atoms with Crippen LogP contribution in [0.25, 0.3) is 0 Å². The van der Waals surface area contributed by atoms with Crippen LogP contribution in [0.4, 0.5) is 13.2 Å². The molecule has 0 aromatic carbocycles. The summed E-state index contributed by atoms with van der Waals surface area (Å²) in [5, 5.41) is 2.36. The van der Waals surface area contributed by atoms with E-state index in [2.05, 4.69) is 17.5 Å². The van der Waals surface area contributed by atoms with E-state index in [0.29, 0.717) is 0 Å². The molecule has 2 N–H and O–H groups in total. The summed E-state index contributed by atoms with van der Waals surface area (Å²) in [6.07, 6.45) is -4.37. The van der Waals surface area contributed by atoms with E-state index in [1.807, 2.05) is 5.43 Å². The van der Waals surface area contributed by atoms with Crippen LogP contribution in [-0.4, -0.2) is 23.1 Å². The Morgan fingerprint density at radius 1 is 1.50 bits per heavy atom. The third-order valence-corrected chi connectivity index (χ3v) is 1.18. The molecule has 58 valence electrons. The smallest absolute Gasteiger partial charge is 0.347 e. The number of rotatable bonds is 0. The summed E-state index contributed by atoms with van der Waals surface area (Å²) in [5.74, 6) is 0. The molecule has 0 aromatic heterocycles. The highest BCUT2D eigenvalue weighted by Gasteiger charge is 2.40. The largest absolute Gasteiger partial charge is 0.479 e. The number of alkyl halides is 3. The predicted octanol–water partition coefficient (Wildman–Crippen LogP) is 0.158. The number of nitrogens with zero attached hydrogens (tertiary/aromatic N) is 1. The van der Waals surface area contributed by atoms with Crippen molar-refractivity contribution in [2.75, 3.05) is 6.67 Å². The zero-order valence-corrected chi connectivity index (χ0v) is 5.51. The normalized spacial score (nSPS) is 20.5. The Morgan fingerprint density at radius 3 is 2.30 bits per heavy atom. The molecule has 10 heavy (non-hydrogen) atoms. The van der Waals surface area contributed by atoms with Crippen LogP contribution >= 0.6 is 12.2 Å². The lowest BCUT2D eigenvalue weighted by molar-refractivity contribution is -0.252. The van der Waals surface area contributed by atoms with Gasteiger partial charge in [0.15, 0.2) is 5.11 Å². The van der Waals surface area contributed by atoms with Gasteiger partial charge in [0.2, 0.25) is 0 Å². The maximum Gasteiger partial charge on any atom is 0.479 e. The predicted molar refractivity (Wildman–Crippen MR) is 31.6 cm³/mol. The first-order valence-corrected chi connectivity index (χ1v) is 2.80. The molecule has 1 saturated heterocycles. The first-order valence-electron chi connectivity index (χ1n) is 2.39. The van der Waals surface area contributed by atoms with Gasteiger partial charge in [0.05, 0.1) is 6.67 Å². The highest BCUT2D eigenvalue weighted by Crippen LogP contribution is 2.18. The van der Waals surface area contributed by atoms with Crippen molar-refractivity contribution in [2.24, 2.45) is 0 Å². The van der Waals surface area contributed by atoms with E-state index in [1.54, 1.807) is 0 Å². The fourth-order valence-corrected chi connectivity index (χ4v) is 0.680. The molecule has 0 radical (unpaired) electrons. The van der Waals surface area contributed by atoms with E-state index >= 15 is 0 Å². The molecule has 1 rings (SSSR count). The molecule has 0 spiro atoms. The topological polar surface area (TPSA) is 27.3 Å². The summed E-state index contributed by atoms with van der Waals surface area (Å²) in [5.41, 5.74) is 1.92. The molecule has 0 unspecified atom stereocenters. The van der Waals surface area contributed by atoms with Gasteiger partial charge in [-0.15, -0.1) is 5.01 Å². The zero-order valence-electron chi connectivity index (χ0n) is 4.70. The summed E-state index contributed by atoms with van der Waals surface area (Å²) in [7, 11) is 0. The number of hydrogen-bond acceptors (Lipinski definition) is 2. The van der Waals surface area contributed by atoms with Crippen LogP contribution in [0.3, 0.4) is 0 Å². The Morgan fingerprint density at radius 2 is 2.10 bits per heavy atom. The average Bonchev–Trinajstić information content (AvgIpc) is 2.11. The van der Waals surface area contributed by atoms with Gasteiger partial charge in [-0.05, 0) is 12.2 Å². The van der Waals surface area contributed by atoms with Crippen molar-refractivity contribution < 1.29 is 13.2 Å². The zero-order chi connectivity index (χ0) is 7.78. The van der Waals surface area contributed by atoms with Gasteiger partial charge in [-0.1, -0.05) is 0 Å². The maximum absolute atomic E-state index is 11.7. The molecule has 0 atom stereocenters. The molecule has 0 aromatic rings. The van der Waals surface area contributed by atoms with Gasteiger partial charge in [-0.3, -0.25) is 5.43 Å². The van der Waals surface area contributed by atoms with Crippen molar-refractivity contribution in [1.82, 2.24) is 15.8 Å². The second-order valence-corrected chi connectivity index (χ2v) is 2.08. The maximum atomic E-state index is 11.7. The average molecular weight is 171 g/mol. The minimum absolute atomic E-state index is 0.00248. The Hall–Kier alpha value is -0.560. The second-order valence-electron chi connectivity index (χ2n) is 1.67. The summed E-state index contributed by atoms with van der Waals surface area (Å²) >= 11 is 4.40. The molecule has 3 nitrogen and oxygen atoms in total. The first kappa shape index (κ1) is 7.55. The van der Waals surface area contributed by atoms with Crippen molar-refractivity contribution in [3.63, 3.8) is 0 Å². The summed E-state index contributed by atoms with van der Waals surface area (Å²) < 4.78 is 35.1. The van der Waals surface area contributed by atoms with Gasteiger partial charge < -0.3 is 5.32 Å². The number of halogens is 3. The molecule has 1 aliphatic heterocycles. The van der Waals surface area contributed by atoms with Crippen molar-refractivity contribution in [3.8, 4) is 0 Å². The number of thiocarbonyl (C=S) groups is 1. The molecule has 0 amide bonds. The third-order valence-electron chi connectivity index (χ3n) is 0.940. The van der Waals surface area contributed by atoms with Gasteiger partial charge in [-0.25, -0.2) is 0 Å². The summed E-state index contributed by atoms with van der Waals surface area (Å²) in [6.45, 7) is -0.331. The first-order chi connectivity index (χ1) is 4.50. The van der Waals surface area contributed by atoms with Gasteiger partial charge in [0.25, 0.3) is 0 Å². The van der Waals surface area contributed by atoms with Crippen molar-refractivity contribution in [3.05, 3.63) is 0 Å². The summed E-state index contributed by atoms with van der Waals surface area (Å²) in [4.78, 5) is 0. The quantitative estimate of drug-likeness (QED) is 0.401. The van der Waals surface area contributed by atoms with E-state index in [0.717, 1.165) is 0 Å². The molecular formula is C3H4F3N3S. The van der Waals surface area contributed by atoms with Crippen molar-refractivity contribution in [1.29, 1.82) is 0 Å². The van der Waals surface area contributed by atoms with E-state index in [-0.39, 0.29) is 16.8 Å². The van der Waals surface area contributed by atoms with E-state index in [9.17, 15) is 13.2 Å². The minimum atomic E-state index is -4.37. The monoisotopic (exact) mass is 171 g/mol. The fourth-order valence-electron chi connectivity index (χ4n) is 0.506. The lowest BCUT2D eigenvalue weighted by Crippen LogP contribution is -2.43. The Bertz CT molecular complexity index is 156. The lowest BCUT2D eigenvalue weighted by atomic mass is 10.9. The van der Waals surface area contributed by atoms with Crippen LogP contribution in [0.15, 0.2) is 0 Å². The molecule has 0 aliphatic carbocycles. The van der Waals surface area contributed by atoms with Crippen LogP contribution in [0.2, 0.25) is 0 Å². The van der Waals surface area contributed by atoms with Crippen LogP contribution in [0.5, 0.6) is 0 Å². The van der Waals surface area contributed by atoms with E-state index < -0.39 is 6.30 Å². The van der Waals surface area contributed by atoms with Gasteiger partial charge in [0, 0.05) is 0 Å². The number of nitrogens with one attached hydrogen (secondary N) is 2. The summed E-state index contributed by atoms with van der Waals surface area (Å²) in [6, 6.07) is 0. The van der Waals surface area contributed by atoms with E-state index in [1.165, 1.54) is 0 Å². The van der Waals surface area contributed by atoms with Crippen molar-refractivity contribution >= 4 is 17.3 Å². The lowest BCUT2D eigenvalue weighted by Gasteiger charge is -2.16. The number of hydrogen-bond donors (Lipinski definition) is 2. The van der Waals surface area contributed by atoms with Crippen LogP contribution in [0.1, 0.15) is 0 Å². The van der Waals surface area contributed by atoms with Gasteiger partial charge in [0.1, 0.15) is 0 Å². The highest BCUT2D eigenvalue weighted by atomic mass is 32.1. The molecular weight excluding hydrogens is 167 g/mol. The van der Waals surface area contributed by atoms with Gasteiger partial charge >= 0.3 is 6.30 Å². The molecule has 1 fully saturated rings. The minimum Gasteiger partial charge on any atom is -0.347 e. The van der Waals surface area contributed by atoms with Crippen LogP contribution < -0.4 is 10.7 Å². The van der Waals surface area contributed by atoms with Crippen LogP contribution in [0, 0.1) is 0 Å². The van der Waals surface area contributed by atoms with Crippen LogP contribution in [-0.2, 0) is 0 Å². The highest BCUT2D eigenvalue weighted by molar-refractivity contribution is 7.80. The fraction of sp³-hybridized carbons (Fsp3) is 0.667. The standard InChI is InChI=1S/C3H4F3N3S/c4-3(5,6)9-1-7-2(10)8-9/h1H2,(H2,7,8,10). The Labute approximate surface area is 60.1 Å². The van der Waals surface area contributed by atoms with E-state index in [4.69, 9.17) is 0 Å². The molecule has 1 aliphatic rings. The molecule has 7 heteroatoms. The third kappa shape index (κ3) is 1.48. The van der Waals surface area contributed by atoms with Crippen molar-refractivity contribution in [2.45, 2.75) is 6.30 Å². The second kappa shape index (κ2) is 2.24. The Balaban J connectivity index is 2.53. The van der Waals surface area contributed by atoms with Gasteiger partial charge in [-0.2, -0.15) is 13.2 Å². The molecule has 1 heterocycles. The number of hydrazine groups is 1.